The number of ether oxygens (including phenoxy) is 1. The maximum Gasteiger partial charge on any atom is 0.235 e. The summed E-state index contributed by atoms with van der Waals surface area (Å²) in [6.45, 7) is 1.37. The van der Waals surface area contributed by atoms with Gasteiger partial charge >= 0.3 is 0 Å². The Morgan fingerprint density at radius 1 is 1.45 bits per heavy atom. The van der Waals surface area contributed by atoms with E-state index in [1.54, 1.807) is 4.68 Å². The summed E-state index contributed by atoms with van der Waals surface area (Å²) >= 11 is 1.26. The Hall–Kier alpha value is -1.93. The van der Waals surface area contributed by atoms with Crippen LogP contribution in [0.1, 0.15) is 23.7 Å². The number of hydrogen-bond donors (Lipinski definition) is 1. The molecule has 0 bridgehead atoms. The second-order valence-electron chi connectivity index (χ2n) is 5.09. The molecule has 1 aliphatic heterocycles. The van der Waals surface area contributed by atoms with Crippen LogP contribution in [0.25, 0.3) is 0 Å². The average molecular weight is 319 g/mol. The van der Waals surface area contributed by atoms with Crippen molar-refractivity contribution in [2.24, 2.45) is 5.73 Å². The Kier molecular flexibility index (Phi) is 4.69. The van der Waals surface area contributed by atoms with Crippen molar-refractivity contribution in [3.8, 4) is 0 Å². The van der Waals surface area contributed by atoms with Crippen LogP contribution in [0, 0.1) is 0 Å². The fraction of sp³-hybridized carbons (Fsp3) is 0.429. The zero-order valence-electron chi connectivity index (χ0n) is 12.0. The quantitative estimate of drug-likeness (QED) is 0.803. The molecule has 1 aromatic carbocycles. The first kappa shape index (κ1) is 15.0. The number of benzene rings is 1. The zero-order valence-corrected chi connectivity index (χ0v) is 12.8. The van der Waals surface area contributed by atoms with Crippen molar-refractivity contribution >= 4 is 17.7 Å². The summed E-state index contributed by atoms with van der Waals surface area (Å²) in [5.74, 6) is -0.414. The van der Waals surface area contributed by atoms with E-state index in [1.165, 1.54) is 11.8 Å². The number of hydrogen-bond acceptors (Lipinski definition) is 6. The van der Waals surface area contributed by atoms with E-state index in [4.69, 9.17) is 10.5 Å². The van der Waals surface area contributed by atoms with Gasteiger partial charge in [-0.15, -0.1) is 5.10 Å². The molecule has 2 N–H and O–H groups in total. The minimum absolute atomic E-state index is 0.131. The van der Waals surface area contributed by atoms with E-state index in [0.29, 0.717) is 11.7 Å². The van der Waals surface area contributed by atoms with E-state index < -0.39 is 11.2 Å². The van der Waals surface area contributed by atoms with Gasteiger partial charge in [-0.2, -0.15) is 0 Å². The lowest BCUT2D eigenvalue weighted by Crippen LogP contribution is -2.21. The highest BCUT2D eigenvalue weighted by molar-refractivity contribution is 8.00. The molecule has 0 radical (unpaired) electrons. The van der Waals surface area contributed by atoms with E-state index in [9.17, 15) is 4.79 Å². The lowest BCUT2D eigenvalue weighted by molar-refractivity contribution is -0.117. The third kappa shape index (κ3) is 3.45. The lowest BCUT2D eigenvalue weighted by atomic mass is 10.1. The van der Waals surface area contributed by atoms with Gasteiger partial charge in [0.05, 0.1) is 12.6 Å². The molecule has 0 saturated carbocycles. The van der Waals surface area contributed by atoms with Crippen LogP contribution >= 0.6 is 11.8 Å². The fourth-order valence-electron chi connectivity index (χ4n) is 2.40. The summed E-state index contributed by atoms with van der Waals surface area (Å²) < 4.78 is 7.28. The second-order valence-corrected chi connectivity index (χ2v) is 6.16. The van der Waals surface area contributed by atoms with Gasteiger partial charge in [0.2, 0.25) is 11.1 Å². The molecule has 3 rings (SSSR count). The van der Waals surface area contributed by atoms with Crippen LogP contribution in [0.3, 0.4) is 0 Å². The topological polar surface area (TPSA) is 95.9 Å². The highest BCUT2D eigenvalue weighted by atomic mass is 32.2. The Morgan fingerprint density at radius 3 is 2.95 bits per heavy atom. The van der Waals surface area contributed by atoms with Gasteiger partial charge in [-0.05, 0) is 28.8 Å². The molecule has 1 fully saturated rings. The van der Waals surface area contributed by atoms with Crippen LogP contribution < -0.4 is 5.73 Å². The van der Waals surface area contributed by atoms with E-state index in [1.807, 2.05) is 30.3 Å². The predicted octanol–water partition coefficient (Wildman–Crippen LogP) is 1.17. The molecular weight excluding hydrogens is 302 g/mol. The van der Waals surface area contributed by atoms with E-state index >= 15 is 0 Å². The average Bonchev–Trinajstić information content (AvgIpc) is 3.18. The van der Waals surface area contributed by atoms with Gasteiger partial charge in [-0.3, -0.25) is 4.79 Å². The second kappa shape index (κ2) is 6.89. The molecule has 22 heavy (non-hydrogen) atoms. The number of tetrazole rings is 1. The van der Waals surface area contributed by atoms with Crippen molar-refractivity contribution in [1.82, 2.24) is 20.2 Å². The van der Waals surface area contributed by atoms with Gasteiger partial charge in [-0.25, -0.2) is 4.68 Å². The Bertz CT molecular complexity index is 627. The summed E-state index contributed by atoms with van der Waals surface area (Å²) in [5.41, 5.74) is 6.38. The van der Waals surface area contributed by atoms with Crippen LogP contribution in [-0.2, 0) is 16.1 Å². The Balaban J connectivity index is 1.76. The standard InChI is InChI=1S/C14H17N5O2S/c15-13(20)12(10-5-2-1-3-6-10)22-14-16-17-18-19(14)9-11-7-4-8-21-11/h1-3,5-6,11-12H,4,7-9H2,(H2,15,20). The molecule has 0 spiro atoms. The molecule has 1 amide bonds. The number of carbonyl (C=O) groups is 1. The number of rotatable bonds is 6. The molecule has 7 nitrogen and oxygen atoms in total. The monoisotopic (exact) mass is 319 g/mol. The van der Waals surface area contributed by atoms with Gasteiger partial charge < -0.3 is 10.5 Å². The number of carbonyl (C=O) groups excluding carboxylic acids is 1. The highest BCUT2D eigenvalue weighted by Gasteiger charge is 2.24. The number of amides is 1. The number of nitrogens with zero attached hydrogens (tertiary/aromatic N) is 4. The van der Waals surface area contributed by atoms with Crippen LogP contribution in [0.4, 0.5) is 0 Å². The molecule has 1 aliphatic rings. The van der Waals surface area contributed by atoms with Crippen LogP contribution in [-0.4, -0.2) is 38.8 Å². The first-order chi connectivity index (χ1) is 10.7. The molecule has 2 unspecified atom stereocenters. The number of aromatic nitrogens is 4. The summed E-state index contributed by atoms with van der Waals surface area (Å²) in [7, 11) is 0. The molecule has 8 heteroatoms. The van der Waals surface area contributed by atoms with Crippen molar-refractivity contribution in [2.45, 2.75) is 35.9 Å². The highest BCUT2D eigenvalue weighted by Crippen LogP contribution is 2.33. The van der Waals surface area contributed by atoms with E-state index in [0.717, 1.165) is 25.0 Å². The molecule has 1 saturated heterocycles. The van der Waals surface area contributed by atoms with Gasteiger partial charge in [0.15, 0.2) is 0 Å². The molecule has 116 valence electrons. The molecular formula is C14H17N5O2S. The number of primary amides is 1. The maximum absolute atomic E-state index is 11.8. The maximum atomic E-state index is 11.8. The first-order valence-electron chi connectivity index (χ1n) is 7.12. The Labute approximate surface area is 132 Å². The van der Waals surface area contributed by atoms with Crippen LogP contribution in [0.15, 0.2) is 35.5 Å². The SMILES string of the molecule is NC(=O)C(Sc1nnnn1CC1CCCO1)c1ccccc1. The predicted molar refractivity (Wildman–Crippen MR) is 81.0 cm³/mol. The molecule has 2 aromatic rings. The largest absolute Gasteiger partial charge is 0.376 e. The van der Waals surface area contributed by atoms with Gasteiger partial charge in [0.25, 0.3) is 0 Å². The lowest BCUT2D eigenvalue weighted by Gasteiger charge is -2.14. The van der Waals surface area contributed by atoms with Crippen molar-refractivity contribution in [2.75, 3.05) is 6.61 Å². The smallest absolute Gasteiger partial charge is 0.235 e. The molecule has 2 heterocycles. The minimum atomic E-state index is -0.518. The number of nitrogens with two attached hydrogens (primary N) is 1. The van der Waals surface area contributed by atoms with E-state index in [2.05, 4.69) is 15.5 Å². The summed E-state index contributed by atoms with van der Waals surface area (Å²) in [4.78, 5) is 11.8. The minimum Gasteiger partial charge on any atom is -0.376 e. The van der Waals surface area contributed by atoms with Gasteiger partial charge in [-0.1, -0.05) is 42.1 Å². The Morgan fingerprint density at radius 2 is 2.27 bits per heavy atom. The van der Waals surface area contributed by atoms with Crippen molar-refractivity contribution in [3.63, 3.8) is 0 Å². The van der Waals surface area contributed by atoms with Crippen molar-refractivity contribution < 1.29 is 9.53 Å². The van der Waals surface area contributed by atoms with E-state index in [-0.39, 0.29) is 6.10 Å². The fourth-order valence-corrected chi connectivity index (χ4v) is 3.34. The number of thioether (sulfide) groups is 1. The third-order valence-corrected chi connectivity index (χ3v) is 4.73. The van der Waals surface area contributed by atoms with Crippen LogP contribution in [0.5, 0.6) is 0 Å². The first-order valence-corrected chi connectivity index (χ1v) is 8.00. The summed E-state index contributed by atoms with van der Waals surface area (Å²) in [5, 5.41) is 11.8. The summed E-state index contributed by atoms with van der Waals surface area (Å²) in [6.07, 6.45) is 2.19. The van der Waals surface area contributed by atoms with Gasteiger partial charge in [0.1, 0.15) is 5.25 Å². The van der Waals surface area contributed by atoms with Crippen LogP contribution in [0.2, 0.25) is 0 Å². The van der Waals surface area contributed by atoms with Crippen molar-refractivity contribution in [3.05, 3.63) is 35.9 Å². The zero-order chi connectivity index (χ0) is 15.4. The van der Waals surface area contributed by atoms with Gasteiger partial charge in [0, 0.05) is 6.61 Å². The normalized spacial score (nSPS) is 19.2. The molecule has 2 atom stereocenters. The molecule has 0 aliphatic carbocycles. The molecule has 1 aromatic heterocycles. The van der Waals surface area contributed by atoms with Crippen molar-refractivity contribution in [1.29, 1.82) is 0 Å². The summed E-state index contributed by atoms with van der Waals surface area (Å²) in [6, 6.07) is 9.39. The third-order valence-electron chi connectivity index (χ3n) is 3.48.